The van der Waals surface area contributed by atoms with Crippen LogP contribution in [0.3, 0.4) is 0 Å². The quantitative estimate of drug-likeness (QED) is 0.142. The van der Waals surface area contributed by atoms with Gasteiger partial charge in [-0.25, -0.2) is 4.79 Å². The number of nitrogen functional groups attached to an aromatic ring is 2. The number of unbranched alkanes of at least 4 members (excludes halogenated alkanes) is 2. The molecule has 1 aliphatic rings. The number of hydrogen-bond acceptors (Lipinski definition) is 5. The Labute approximate surface area is 212 Å². The zero-order valence-electron chi connectivity index (χ0n) is 21.1. The number of hydrogen-bond donors (Lipinski definition) is 2. The third kappa shape index (κ3) is 8.85. The van der Waals surface area contributed by atoms with Gasteiger partial charge >= 0.3 is 12.1 Å². The van der Waals surface area contributed by atoms with E-state index in [1.54, 1.807) is 36.4 Å². The van der Waals surface area contributed by atoms with E-state index >= 15 is 0 Å². The molecule has 0 radical (unpaired) electrons. The zero-order chi connectivity index (χ0) is 26.0. The van der Waals surface area contributed by atoms with Gasteiger partial charge in [0.1, 0.15) is 5.75 Å². The molecule has 4 N–H and O–H groups in total. The summed E-state index contributed by atoms with van der Waals surface area (Å²) < 4.78 is 39.8. The van der Waals surface area contributed by atoms with Crippen LogP contribution in [0.15, 0.2) is 48.5 Å². The highest BCUT2D eigenvalue weighted by molar-refractivity contribution is 5.87. The minimum absolute atomic E-state index is 0.117. The molecule has 0 aromatic heterocycles. The van der Waals surface area contributed by atoms with E-state index in [1.165, 1.54) is 37.5 Å². The van der Waals surface area contributed by atoms with Gasteiger partial charge in [0.2, 0.25) is 0 Å². The Balaban J connectivity index is 1.42. The maximum Gasteiger partial charge on any atom is 0.400 e. The summed E-state index contributed by atoms with van der Waals surface area (Å²) in [7, 11) is 0. The zero-order valence-corrected chi connectivity index (χ0v) is 21.1. The Hall–Kier alpha value is -3.09. The second kappa shape index (κ2) is 13.3. The predicted molar refractivity (Wildman–Crippen MR) is 141 cm³/mol. The van der Waals surface area contributed by atoms with Gasteiger partial charge in [0, 0.05) is 23.9 Å². The van der Waals surface area contributed by atoms with Gasteiger partial charge in [-0.1, -0.05) is 44.7 Å². The Kier molecular flexibility index (Phi) is 10.1. The van der Waals surface area contributed by atoms with E-state index in [-0.39, 0.29) is 12.4 Å². The molecule has 0 spiro atoms. The Morgan fingerprint density at radius 1 is 1.03 bits per heavy atom. The number of nitrogens with two attached hydrogens (primary N) is 2. The van der Waals surface area contributed by atoms with E-state index in [0.717, 1.165) is 24.8 Å². The van der Waals surface area contributed by atoms with Crippen molar-refractivity contribution in [1.82, 2.24) is 0 Å². The summed E-state index contributed by atoms with van der Waals surface area (Å²) in [5, 5.41) is 0. The van der Waals surface area contributed by atoms with E-state index in [9.17, 15) is 13.6 Å². The summed E-state index contributed by atoms with van der Waals surface area (Å²) in [6, 6.07) is 11.5. The van der Waals surface area contributed by atoms with Gasteiger partial charge in [0.05, 0.1) is 12.5 Å². The van der Waals surface area contributed by atoms with Gasteiger partial charge in [-0.05, 0) is 79.1 Å². The van der Waals surface area contributed by atoms with Crippen LogP contribution in [0.2, 0.25) is 0 Å². The number of alkyl halides is 2. The normalized spacial score (nSPS) is 18.3. The number of rotatable bonds is 12. The fourth-order valence-electron chi connectivity index (χ4n) is 4.73. The molecule has 5 nitrogen and oxygen atoms in total. The Morgan fingerprint density at radius 3 is 2.33 bits per heavy atom. The van der Waals surface area contributed by atoms with Crippen molar-refractivity contribution in [3.63, 3.8) is 0 Å². The first kappa shape index (κ1) is 27.5. The summed E-state index contributed by atoms with van der Waals surface area (Å²) in [6.45, 7) is 2.36. The van der Waals surface area contributed by atoms with Gasteiger partial charge in [-0.3, -0.25) is 0 Å². The van der Waals surface area contributed by atoms with E-state index in [4.69, 9.17) is 20.9 Å². The second-order valence-electron chi connectivity index (χ2n) is 9.71. The first-order valence-electron chi connectivity index (χ1n) is 12.9. The van der Waals surface area contributed by atoms with E-state index in [0.29, 0.717) is 42.1 Å². The van der Waals surface area contributed by atoms with E-state index in [1.807, 2.05) is 0 Å². The standard InChI is InChI=1S/C29H38F2N2O3/c1-2-3-4-5-21-6-11-24(12-7-21)29(30,31)36-27-13-8-22(9-14-27)10-15-28(34)35-17-16-23-18-25(32)20-26(33)19-23/h8-10,13-15,18-21,24H,2-7,11-12,16-17,32-33H2,1H3/b15-10+. The van der Waals surface area contributed by atoms with Crippen LogP contribution in [0, 0.1) is 11.8 Å². The number of ether oxygens (including phenoxy) is 2. The Bertz CT molecular complexity index is 980. The fraction of sp³-hybridized carbons (Fsp3) is 0.483. The summed E-state index contributed by atoms with van der Waals surface area (Å²) in [5.41, 5.74) is 14.2. The molecular weight excluding hydrogens is 462 g/mol. The molecule has 0 atom stereocenters. The molecule has 36 heavy (non-hydrogen) atoms. The largest absolute Gasteiger partial charge is 0.462 e. The molecule has 0 amide bonds. The van der Waals surface area contributed by atoms with Crippen LogP contribution in [0.1, 0.15) is 69.4 Å². The minimum atomic E-state index is -3.19. The molecule has 0 aliphatic heterocycles. The van der Waals surface area contributed by atoms with Crippen LogP contribution in [0.5, 0.6) is 5.75 Å². The van der Waals surface area contributed by atoms with E-state index < -0.39 is 18.0 Å². The number of benzene rings is 2. The minimum Gasteiger partial charge on any atom is -0.462 e. The molecule has 2 aromatic carbocycles. The van der Waals surface area contributed by atoms with Crippen LogP contribution in [-0.4, -0.2) is 18.7 Å². The SMILES string of the molecule is CCCCCC1CCC(C(F)(F)Oc2ccc(/C=C/C(=O)OCCc3cc(N)cc(N)c3)cc2)CC1. The molecule has 3 rings (SSSR count). The predicted octanol–water partition coefficient (Wildman–Crippen LogP) is 7.01. The summed E-state index contributed by atoms with van der Waals surface area (Å²) >= 11 is 0. The lowest BCUT2D eigenvalue weighted by Gasteiger charge is -2.33. The van der Waals surface area contributed by atoms with Crippen molar-refractivity contribution in [3.8, 4) is 5.75 Å². The molecule has 0 heterocycles. The molecule has 1 fully saturated rings. The molecule has 1 aliphatic carbocycles. The van der Waals surface area contributed by atoms with Gasteiger partial charge in [-0.15, -0.1) is 0 Å². The number of anilines is 2. The smallest absolute Gasteiger partial charge is 0.400 e. The number of halogens is 2. The van der Waals surface area contributed by atoms with Crippen molar-refractivity contribution in [2.75, 3.05) is 18.1 Å². The van der Waals surface area contributed by atoms with E-state index in [2.05, 4.69) is 6.92 Å². The molecular formula is C29H38F2N2O3. The molecule has 0 unspecified atom stereocenters. The number of carbonyl (C=O) groups is 1. The molecule has 0 saturated heterocycles. The lowest BCUT2D eigenvalue weighted by Crippen LogP contribution is -2.37. The van der Waals surface area contributed by atoms with Crippen molar-refractivity contribution in [3.05, 3.63) is 59.7 Å². The summed E-state index contributed by atoms with van der Waals surface area (Å²) in [5.74, 6) is -0.564. The van der Waals surface area contributed by atoms with Crippen LogP contribution >= 0.6 is 0 Å². The number of esters is 1. The van der Waals surface area contributed by atoms with Crippen molar-refractivity contribution >= 4 is 23.4 Å². The van der Waals surface area contributed by atoms with Crippen molar-refractivity contribution < 1.29 is 23.0 Å². The third-order valence-corrected chi connectivity index (χ3v) is 6.76. The van der Waals surface area contributed by atoms with Gasteiger partial charge in [-0.2, -0.15) is 8.78 Å². The average Bonchev–Trinajstić information content (AvgIpc) is 2.83. The first-order valence-corrected chi connectivity index (χ1v) is 12.9. The monoisotopic (exact) mass is 500 g/mol. The van der Waals surface area contributed by atoms with Gasteiger partial charge in [0.25, 0.3) is 0 Å². The maximum atomic E-state index is 14.8. The van der Waals surface area contributed by atoms with Crippen LogP contribution < -0.4 is 16.2 Å². The average molecular weight is 501 g/mol. The van der Waals surface area contributed by atoms with Crippen LogP contribution in [0.25, 0.3) is 6.08 Å². The van der Waals surface area contributed by atoms with Crippen molar-refractivity contribution in [2.24, 2.45) is 11.8 Å². The molecule has 0 bridgehead atoms. The van der Waals surface area contributed by atoms with Crippen molar-refractivity contribution in [1.29, 1.82) is 0 Å². The first-order chi connectivity index (χ1) is 17.2. The third-order valence-electron chi connectivity index (χ3n) is 6.76. The summed E-state index contributed by atoms with van der Waals surface area (Å²) in [4.78, 5) is 12.0. The number of carbonyl (C=O) groups excluding carboxylic acids is 1. The molecule has 1 saturated carbocycles. The van der Waals surface area contributed by atoms with Crippen molar-refractivity contribution in [2.45, 2.75) is 70.8 Å². The van der Waals surface area contributed by atoms with Gasteiger partial charge < -0.3 is 20.9 Å². The second-order valence-corrected chi connectivity index (χ2v) is 9.71. The maximum absolute atomic E-state index is 14.8. The highest BCUT2D eigenvalue weighted by atomic mass is 19.3. The lowest BCUT2D eigenvalue weighted by molar-refractivity contribution is -0.223. The van der Waals surface area contributed by atoms with Crippen LogP contribution in [-0.2, 0) is 16.0 Å². The Morgan fingerprint density at radius 2 is 1.69 bits per heavy atom. The lowest BCUT2D eigenvalue weighted by atomic mass is 9.79. The summed E-state index contributed by atoms with van der Waals surface area (Å²) in [6.07, 6.45) is 7.60. The highest BCUT2D eigenvalue weighted by Gasteiger charge is 2.43. The van der Waals surface area contributed by atoms with Gasteiger partial charge in [0.15, 0.2) is 0 Å². The molecule has 7 heteroatoms. The highest BCUT2D eigenvalue weighted by Crippen LogP contribution is 2.41. The fourth-order valence-corrected chi connectivity index (χ4v) is 4.73. The topological polar surface area (TPSA) is 87.6 Å². The molecule has 2 aromatic rings. The van der Waals surface area contributed by atoms with Crippen LogP contribution in [0.4, 0.5) is 20.2 Å². The molecule has 196 valence electrons.